The van der Waals surface area contributed by atoms with E-state index in [0.717, 1.165) is 69.6 Å². The van der Waals surface area contributed by atoms with Crippen molar-refractivity contribution in [2.45, 2.75) is 291 Å². The van der Waals surface area contributed by atoms with Crippen LogP contribution in [-0.2, 0) is 28.6 Å². The lowest BCUT2D eigenvalue weighted by Crippen LogP contribution is -2.30. The summed E-state index contributed by atoms with van der Waals surface area (Å²) < 4.78 is 16.8. The smallest absolute Gasteiger partial charge is 0.306 e. The van der Waals surface area contributed by atoms with Crippen LogP contribution in [0.4, 0.5) is 0 Å². The summed E-state index contributed by atoms with van der Waals surface area (Å²) in [6.07, 6.45) is 45.2. The van der Waals surface area contributed by atoms with Crippen LogP contribution in [0.25, 0.3) is 0 Å². The Bertz CT molecular complexity index is 887. The minimum absolute atomic E-state index is 0.0648. The Hall–Kier alpha value is -1.59. The molecule has 0 spiro atoms. The zero-order valence-electron chi connectivity index (χ0n) is 39.7. The molecule has 0 aromatic carbocycles. The molecule has 0 aliphatic carbocycles. The van der Waals surface area contributed by atoms with Gasteiger partial charge in [0, 0.05) is 19.3 Å². The molecule has 0 amide bonds. The quantitative estimate of drug-likeness (QED) is 0.0346. The molecular formula is C52H100O6. The van der Waals surface area contributed by atoms with Gasteiger partial charge in [0.05, 0.1) is 0 Å². The van der Waals surface area contributed by atoms with Crippen LogP contribution in [0.5, 0.6) is 0 Å². The van der Waals surface area contributed by atoms with Crippen molar-refractivity contribution >= 4 is 17.9 Å². The molecule has 344 valence electrons. The van der Waals surface area contributed by atoms with Crippen LogP contribution >= 0.6 is 0 Å². The maximum atomic E-state index is 12.7. The van der Waals surface area contributed by atoms with Gasteiger partial charge in [0.25, 0.3) is 0 Å². The second-order valence-electron chi connectivity index (χ2n) is 18.5. The topological polar surface area (TPSA) is 78.9 Å². The van der Waals surface area contributed by atoms with E-state index in [9.17, 15) is 14.4 Å². The standard InChI is InChI=1S/C52H100O6/c1-6-8-9-10-11-12-13-14-15-16-17-18-19-23-26-32-37-42-50(53)56-45-49(58-52(55)44-39-34-29-28-31-36-41-48(5)7-2)46-57-51(54)43-38-33-27-24-21-20-22-25-30-35-40-47(3)4/h47-49H,6-46H2,1-5H3/t48?,49-/m0/s1. The molecule has 58 heavy (non-hydrogen) atoms. The van der Waals surface area contributed by atoms with Crippen molar-refractivity contribution in [1.82, 2.24) is 0 Å². The minimum atomic E-state index is -0.762. The van der Waals surface area contributed by atoms with Crippen molar-refractivity contribution in [2.75, 3.05) is 13.2 Å². The summed E-state index contributed by atoms with van der Waals surface area (Å²) in [5.74, 6) is 0.775. The van der Waals surface area contributed by atoms with Crippen LogP contribution in [0.2, 0.25) is 0 Å². The predicted molar refractivity (Wildman–Crippen MR) is 247 cm³/mol. The lowest BCUT2D eigenvalue weighted by molar-refractivity contribution is -0.167. The van der Waals surface area contributed by atoms with Crippen LogP contribution in [0.3, 0.4) is 0 Å². The number of rotatable bonds is 46. The Balaban J connectivity index is 4.27. The third-order valence-electron chi connectivity index (χ3n) is 12.1. The lowest BCUT2D eigenvalue weighted by atomic mass is 10.00. The maximum Gasteiger partial charge on any atom is 0.306 e. The summed E-state index contributed by atoms with van der Waals surface area (Å²) in [6.45, 7) is 11.3. The van der Waals surface area contributed by atoms with Gasteiger partial charge in [0.1, 0.15) is 13.2 Å². The first-order valence-corrected chi connectivity index (χ1v) is 25.8. The lowest BCUT2D eigenvalue weighted by Gasteiger charge is -2.18. The van der Waals surface area contributed by atoms with E-state index in [1.54, 1.807) is 0 Å². The van der Waals surface area contributed by atoms with E-state index in [2.05, 4.69) is 34.6 Å². The van der Waals surface area contributed by atoms with Crippen molar-refractivity contribution in [1.29, 1.82) is 0 Å². The van der Waals surface area contributed by atoms with E-state index in [-0.39, 0.29) is 31.1 Å². The number of hydrogen-bond donors (Lipinski definition) is 0. The third kappa shape index (κ3) is 44.0. The Morgan fingerprint density at radius 1 is 0.362 bits per heavy atom. The highest BCUT2D eigenvalue weighted by atomic mass is 16.6. The van der Waals surface area contributed by atoms with E-state index in [4.69, 9.17) is 14.2 Å². The normalized spacial score (nSPS) is 12.5. The number of carbonyl (C=O) groups excluding carboxylic acids is 3. The number of ether oxygens (including phenoxy) is 3. The molecule has 6 heteroatoms. The van der Waals surface area contributed by atoms with Crippen LogP contribution in [-0.4, -0.2) is 37.2 Å². The van der Waals surface area contributed by atoms with Gasteiger partial charge in [-0.05, 0) is 31.1 Å². The SMILES string of the molecule is CCCCCCCCCCCCCCCCCCCC(=O)OC[C@@H](COC(=O)CCCCCCCCCCCCC(C)C)OC(=O)CCCCCCCCC(C)CC. The monoisotopic (exact) mass is 821 g/mol. The Kier molecular flexibility index (Phi) is 43.7. The van der Waals surface area contributed by atoms with Gasteiger partial charge in [0.15, 0.2) is 6.10 Å². The van der Waals surface area contributed by atoms with E-state index in [0.29, 0.717) is 19.3 Å². The molecule has 0 aliphatic heterocycles. The third-order valence-corrected chi connectivity index (χ3v) is 12.1. The number of carbonyl (C=O) groups is 3. The van der Waals surface area contributed by atoms with E-state index in [1.165, 1.54) is 173 Å². The average Bonchev–Trinajstić information content (AvgIpc) is 3.21. The second kappa shape index (κ2) is 44.9. The number of hydrogen-bond acceptors (Lipinski definition) is 6. The van der Waals surface area contributed by atoms with Gasteiger partial charge in [-0.2, -0.15) is 0 Å². The van der Waals surface area contributed by atoms with Gasteiger partial charge in [-0.3, -0.25) is 14.4 Å². The van der Waals surface area contributed by atoms with Crippen molar-refractivity contribution < 1.29 is 28.6 Å². The zero-order chi connectivity index (χ0) is 42.6. The highest BCUT2D eigenvalue weighted by Gasteiger charge is 2.19. The van der Waals surface area contributed by atoms with Gasteiger partial charge < -0.3 is 14.2 Å². The number of unbranched alkanes of at least 4 members (excludes halogenated alkanes) is 30. The highest BCUT2D eigenvalue weighted by Crippen LogP contribution is 2.18. The summed E-state index contributed by atoms with van der Waals surface area (Å²) >= 11 is 0. The molecular weight excluding hydrogens is 721 g/mol. The van der Waals surface area contributed by atoms with E-state index in [1.807, 2.05) is 0 Å². The van der Waals surface area contributed by atoms with Gasteiger partial charge in [-0.1, -0.05) is 247 Å². The molecule has 0 saturated carbocycles. The first kappa shape index (κ1) is 56.4. The fourth-order valence-corrected chi connectivity index (χ4v) is 7.78. The molecule has 0 bridgehead atoms. The molecule has 0 heterocycles. The minimum Gasteiger partial charge on any atom is -0.462 e. The molecule has 0 aliphatic rings. The highest BCUT2D eigenvalue weighted by molar-refractivity contribution is 5.71. The summed E-state index contributed by atoms with van der Waals surface area (Å²) in [6, 6.07) is 0. The van der Waals surface area contributed by atoms with Gasteiger partial charge in [0.2, 0.25) is 0 Å². The van der Waals surface area contributed by atoms with Crippen LogP contribution < -0.4 is 0 Å². The van der Waals surface area contributed by atoms with Crippen molar-refractivity contribution in [3.63, 3.8) is 0 Å². The molecule has 0 aromatic rings. The van der Waals surface area contributed by atoms with Crippen molar-refractivity contribution in [3.8, 4) is 0 Å². The zero-order valence-corrected chi connectivity index (χ0v) is 39.7. The largest absolute Gasteiger partial charge is 0.462 e. The molecule has 0 aromatic heterocycles. The summed E-state index contributed by atoms with van der Waals surface area (Å²) in [5.41, 5.74) is 0. The molecule has 0 saturated heterocycles. The van der Waals surface area contributed by atoms with E-state index < -0.39 is 6.10 Å². The Labute approximate surface area is 361 Å². The molecule has 1 unspecified atom stereocenters. The van der Waals surface area contributed by atoms with Gasteiger partial charge >= 0.3 is 17.9 Å². The summed E-state index contributed by atoms with van der Waals surface area (Å²) in [5, 5.41) is 0. The summed E-state index contributed by atoms with van der Waals surface area (Å²) in [4.78, 5) is 37.9. The van der Waals surface area contributed by atoms with E-state index >= 15 is 0 Å². The average molecular weight is 821 g/mol. The van der Waals surface area contributed by atoms with Crippen molar-refractivity contribution in [2.24, 2.45) is 11.8 Å². The van der Waals surface area contributed by atoms with Gasteiger partial charge in [-0.15, -0.1) is 0 Å². The molecule has 0 rings (SSSR count). The van der Waals surface area contributed by atoms with Crippen LogP contribution in [0.1, 0.15) is 285 Å². The fourth-order valence-electron chi connectivity index (χ4n) is 7.78. The second-order valence-corrected chi connectivity index (χ2v) is 18.5. The molecule has 2 atom stereocenters. The Morgan fingerprint density at radius 2 is 0.655 bits per heavy atom. The predicted octanol–water partition coefficient (Wildman–Crippen LogP) is 16.5. The maximum absolute atomic E-state index is 12.7. The number of esters is 3. The fraction of sp³-hybridized carbons (Fsp3) is 0.942. The van der Waals surface area contributed by atoms with Gasteiger partial charge in [-0.25, -0.2) is 0 Å². The van der Waals surface area contributed by atoms with Crippen LogP contribution in [0.15, 0.2) is 0 Å². The van der Waals surface area contributed by atoms with Crippen LogP contribution in [0, 0.1) is 11.8 Å². The first-order valence-electron chi connectivity index (χ1n) is 25.8. The molecule has 0 N–H and O–H groups in total. The van der Waals surface area contributed by atoms with Crippen molar-refractivity contribution in [3.05, 3.63) is 0 Å². The molecule has 0 fully saturated rings. The molecule has 0 radical (unpaired) electrons. The summed E-state index contributed by atoms with van der Waals surface area (Å²) in [7, 11) is 0. The Morgan fingerprint density at radius 3 is 0.983 bits per heavy atom. The first-order chi connectivity index (χ1) is 28.3. The molecule has 6 nitrogen and oxygen atoms in total.